The van der Waals surface area contributed by atoms with Crippen LogP contribution in [0.1, 0.15) is 33.6 Å². The van der Waals surface area contributed by atoms with E-state index in [1.165, 1.54) is 44.0 Å². The third-order valence-corrected chi connectivity index (χ3v) is 4.62. The number of thioether (sulfide) groups is 1. The SMILES string of the molecule is CCNCC(C)(CC)CN1CCCSCC1. The van der Waals surface area contributed by atoms with Gasteiger partial charge >= 0.3 is 0 Å². The van der Waals surface area contributed by atoms with Crippen LogP contribution in [0.3, 0.4) is 0 Å². The van der Waals surface area contributed by atoms with Gasteiger partial charge in [0.05, 0.1) is 0 Å². The van der Waals surface area contributed by atoms with Gasteiger partial charge in [-0.15, -0.1) is 0 Å². The van der Waals surface area contributed by atoms with Crippen LogP contribution in [0.25, 0.3) is 0 Å². The van der Waals surface area contributed by atoms with Crippen molar-refractivity contribution >= 4 is 11.8 Å². The molecule has 1 unspecified atom stereocenters. The van der Waals surface area contributed by atoms with Crippen molar-refractivity contribution in [3.8, 4) is 0 Å². The first kappa shape index (κ1) is 14.3. The molecule has 0 saturated carbocycles. The first-order valence-electron chi connectivity index (χ1n) is 6.71. The summed E-state index contributed by atoms with van der Waals surface area (Å²) in [6.07, 6.45) is 2.63. The predicted molar refractivity (Wildman–Crippen MR) is 75.3 cm³/mol. The highest BCUT2D eigenvalue weighted by Gasteiger charge is 2.25. The van der Waals surface area contributed by atoms with Crippen LogP contribution in [0.2, 0.25) is 0 Å². The molecule has 0 aromatic heterocycles. The molecule has 1 fully saturated rings. The predicted octanol–water partition coefficient (Wildman–Crippen LogP) is 2.45. The summed E-state index contributed by atoms with van der Waals surface area (Å²) in [4.78, 5) is 2.67. The van der Waals surface area contributed by atoms with Crippen molar-refractivity contribution in [1.82, 2.24) is 10.2 Å². The molecule has 0 aromatic carbocycles. The molecule has 1 aliphatic rings. The fraction of sp³-hybridized carbons (Fsp3) is 1.00. The Bertz CT molecular complexity index is 179. The number of nitrogens with one attached hydrogen (secondary N) is 1. The summed E-state index contributed by atoms with van der Waals surface area (Å²) >= 11 is 2.11. The minimum atomic E-state index is 0.449. The van der Waals surface area contributed by atoms with Crippen LogP contribution < -0.4 is 5.32 Å². The van der Waals surface area contributed by atoms with Crippen LogP contribution in [0, 0.1) is 5.41 Å². The molecule has 0 spiro atoms. The third kappa shape index (κ3) is 5.07. The van der Waals surface area contributed by atoms with Gasteiger partial charge in [-0.3, -0.25) is 0 Å². The molecule has 0 amide bonds. The van der Waals surface area contributed by atoms with E-state index in [9.17, 15) is 0 Å². The molecule has 1 N–H and O–H groups in total. The van der Waals surface area contributed by atoms with Crippen LogP contribution in [0.5, 0.6) is 0 Å². The summed E-state index contributed by atoms with van der Waals surface area (Å²) in [7, 11) is 0. The summed E-state index contributed by atoms with van der Waals surface area (Å²) in [5.41, 5.74) is 0.449. The van der Waals surface area contributed by atoms with Crippen LogP contribution in [-0.4, -0.2) is 49.1 Å². The lowest BCUT2D eigenvalue weighted by atomic mass is 9.86. The highest BCUT2D eigenvalue weighted by molar-refractivity contribution is 7.99. The lowest BCUT2D eigenvalue weighted by Crippen LogP contribution is -2.42. The zero-order chi connectivity index (χ0) is 11.9. The molecule has 1 rings (SSSR count). The molecule has 0 aromatic rings. The van der Waals surface area contributed by atoms with E-state index < -0.39 is 0 Å². The van der Waals surface area contributed by atoms with Crippen LogP contribution in [0.15, 0.2) is 0 Å². The molecule has 2 nitrogen and oxygen atoms in total. The molecule has 1 heterocycles. The number of nitrogens with zero attached hydrogens (tertiary/aromatic N) is 1. The Morgan fingerprint density at radius 1 is 1.25 bits per heavy atom. The molecule has 96 valence electrons. The molecular formula is C13H28N2S. The zero-order valence-electron chi connectivity index (χ0n) is 11.2. The van der Waals surface area contributed by atoms with Crippen LogP contribution >= 0.6 is 11.8 Å². The summed E-state index contributed by atoms with van der Waals surface area (Å²) < 4.78 is 0. The van der Waals surface area contributed by atoms with Crippen LogP contribution in [-0.2, 0) is 0 Å². The maximum atomic E-state index is 3.51. The van der Waals surface area contributed by atoms with E-state index >= 15 is 0 Å². The second-order valence-corrected chi connectivity index (χ2v) is 6.41. The molecule has 1 atom stereocenters. The third-order valence-electron chi connectivity index (χ3n) is 3.58. The normalized spacial score (nSPS) is 22.7. The molecule has 1 aliphatic heterocycles. The van der Waals surface area contributed by atoms with Crippen LogP contribution in [0.4, 0.5) is 0 Å². The number of rotatable bonds is 6. The zero-order valence-corrected chi connectivity index (χ0v) is 12.0. The Hall–Kier alpha value is 0.270. The number of hydrogen-bond acceptors (Lipinski definition) is 3. The number of hydrogen-bond donors (Lipinski definition) is 1. The maximum absolute atomic E-state index is 3.51. The lowest BCUT2D eigenvalue weighted by Gasteiger charge is -2.34. The Balaban J connectivity index is 2.40. The van der Waals surface area contributed by atoms with E-state index in [1.807, 2.05) is 0 Å². The van der Waals surface area contributed by atoms with Gasteiger partial charge in [-0.2, -0.15) is 11.8 Å². The molecule has 3 heteroatoms. The molecule has 0 aliphatic carbocycles. The van der Waals surface area contributed by atoms with Crippen molar-refractivity contribution in [2.75, 3.05) is 44.2 Å². The highest BCUT2D eigenvalue weighted by Crippen LogP contribution is 2.23. The second kappa shape index (κ2) is 7.57. The topological polar surface area (TPSA) is 15.3 Å². The smallest absolute Gasteiger partial charge is 0.00726 e. The average Bonchev–Trinajstić information content (AvgIpc) is 2.55. The quantitative estimate of drug-likeness (QED) is 0.773. The Kier molecular flexibility index (Phi) is 6.78. The van der Waals surface area contributed by atoms with E-state index in [-0.39, 0.29) is 0 Å². The lowest BCUT2D eigenvalue weighted by molar-refractivity contribution is 0.164. The molecular weight excluding hydrogens is 216 g/mol. The van der Waals surface area contributed by atoms with E-state index in [1.54, 1.807) is 0 Å². The summed E-state index contributed by atoms with van der Waals surface area (Å²) in [6, 6.07) is 0. The monoisotopic (exact) mass is 244 g/mol. The minimum absolute atomic E-state index is 0.449. The fourth-order valence-electron chi connectivity index (χ4n) is 2.22. The standard InChI is InChI=1S/C13H28N2S/c1-4-13(3,11-14-5-2)12-15-7-6-9-16-10-8-15/h14H,4-12H2,1-3H3. The van der Waals surface area contributed by atoms with E-state index in [0.29, 0.717) is 5.41 Å². The molecule has 0 bridgehead atoms. The van der Waals surface area contributed by atoms with Gasteiger partial charge in [-0.05, 0) is 37.1 Å². The second-order valence-electron chi connectivity index (χ2n) is 5.19. The fourth-order valence-corrected chi connectivity index (χ4v) is 3.14. The Labute approximate surface area is 106 Å². The average molecular weight is 244 g/mol. The Morgan fingerprint density at radius 3 is 2.75 bits per heavy atom. The van der Waals surface area contributed by atoms with Gasteiger partial charge in [0.1, 0.15) is 0 Å². The van der Waals surface area contributed by atoms with Crippen molar-refractivity contribution < 1.29 is 0 Å². The van der Waals surface area contributed by atoms with Crippen molar-refractivity contribution in [1.29, 1.82) is 0 Å². The van der Waals surface area contributed by atoms with E-state index in [2.05, 4.69) is 42.7 Å². The summed E-state index contributed by atoms with van der Waals surface area (Å²) in [6.45, 7) is 13.0. The summed E-state index contributed by atoms with van der Waals surface area (Å²) in [5, 5.41) is 3.51. The summed E-state index contributed by atoms with van der Waals surface area (Å²) in [5.74, 6) is 2.67. The van der Waals surface area contributed by atoms with Crippen molar-refractivity contribution in [3.05, 3.63) is 0 Å². The van der Waals surface area contributed by atoms with Gasteiger partial charge in [0.15, 0.2) is 0 Å². The van der Waals surface area contributed by atoms with Gasteiger partial charge in [0.2, 0.25) is 0 Å². The Morgan fingerprint density at radius 2 is 2.06 bits per heavy atom. The first-order valence-corrected chi connectivity index (χ1v) is 7.86. The minimum Gasteiger partial charge on any atom is -0.316 e. The molecule has 0 radical (unpaired) electrons. The maximum Gasteiger partial charge on any atom is 0.00726 e. The van der Waals surface area contributed by atoms with Gasteiger partial charge in [0.25, 0.3) is 0 Å². The van der Waals surface area contributed by atoms with Gasteiger partial charge < -0.3 is 10.2 Å². The van der Waals surface area contributed by atoms with Crippen molar-refractivity contribution in [3.63, 3.8) is 0 Å². The van der Waals surface area contributed by atoms with Gasteiger partial charge in [-0.25, -0.2) is 0 Å². The van der Waals surface area contributed by atoms with Gasteiger partial charge in [0, 0.05) is 25.4 Å². The highest BCUT2D eigenvalue weighted by atomic mass is 32.2. The van der Waals surface area contributed by atoms with Crippen molar-refractivity contribution in [2.45, 2.75) is 33.6 Å². The largest absolute Gasteiger partial charge is 0.316 e. The molecule has 16 heavy (non-hydrogen) atoms. The van der Waals surface area contributed by atoms with Crippen molar-refractivity contribution in [2.24, 2.45) is 5.41 Å². The van der Waals surface area contributed by atoms with Gasteiger partial charge in [-0.1, -0.05) is 20.8 Å². The van der Waals surface area contributed by atoms with E-state index in [4.69, 9.17) is 0 Å². The van der Waals surface area contributed by atoms with E-state index in [0.717, 1.165) is 13.1 Å². The first-order chi connectivity index (χ1) is 7.70. The molecule has 1 saturated heterocycles.